The number of aromatic amines is 1. The van der Waals surface area contributed by atoms with Crippen LogP contribution in [0.15, 0.2) is 65.7 Å². The van der Waals surface area contributed by atoms with Crippen LogP contribution in [0.5, 0.6) is 11.5 Å². The Balaban J connectivity index is 1.03. The second-order valence-corrected chi connectivity index (χ2v) is 17.0. The Bertz CT molecular complexity index is 2020. The lowest BCUT2D eigenvalue weighted by Crippen LogP contribution is -2.49. The Morgan fingerprint density at radius 2 is 1.63 bits per heavy atom. The molecule has 0 saturated carbocycles. The number of nitrogens with one attached hydrogen (secondary N) is 2. The van der Waals surface area contributed by atoms with Gasteiger partial charge in [-0.2, -0.15) is 0 Å². The van der Waals surface area contributed by atoms with E-state index in [9.17, 15) is 18.0 Å². The Labute approximate surface area is 306 Å². The molecule has 2 aromatic heterocycles. The van der Waals surface area contributed by atoms with Crippen molar-refractivity contribution >= 4 is 32.7 Å². The number of nitrogens with zero attached hydrogens (tertiary/aromatic N) is 4. The minimum Gasteiger partial charge on any atom is -0.457 e. The summed E-state index contributed by atoms with van der Waals surface area (Å²) < 4.78 is 40.9. The van der Waals surface area contributed by atoms with Gasteiger partial charge in [0, 0.05) is 94.0 Å². The van der Waals surface area contributed by atoms with Crippen molar-refractivity contribution in [1.82, 2.24) is 24.3 Å². The topological polar surface area (TPSA) is 129 Å². The van der Waals surface area contributed by atoms with Crippen LogP contribution < -0.4 is 15.0 Å². The smallest absolute Gasteiger partial charge is 0.410 e. The molecule has 0 unspecified atom stereocenters. The van der Waals surface area contributed by atoms with E-state index < -0.39 is 15.6 Å². The van der Waals surface area contributed by atoms with Gasteiger partial charge in [-0.1, -0.05) is 12.1 Å². The molecule has 2 fully saturated rings. The molecule has 6 rings (SSSR count). The minimum absolute atomic E-state index is 0.0512. The third kappa shape index (κ3) is 9.36. The number of benzene rings is 2. The predicted octanol–water partition coefficient (Wildman–Crippen LogP) is 5.89. The molecule has 2 aliphatic heterocycles. The molecular formula is C39H52N6O6S. The number of hydrogen-bond acceptors (Lipinski definition) is 8. The van der Waals surface area contributed by atoms with Gasteiger partial charge >= 0.3 is 6.09 Å². The number of likely N-dealkylation sites (tertiary alicyclic amines) is 1. The van der Waals surface area contributed by atoms with E-state index in [1.54, 1.807) is 44.6 Å². The molecule has 2 N–H and O–H groups in total. The fourth-order valence-corrected chi connectivity index (χ4v) is 7.58. The SMILES string of the molecule is CCS(=O)(=O)Nc1ccc(Oc2ccc(CCN3CCN(CC4CCN(C(=O)OC(C)(C)C)CC4)CC3)cc2)c(-c2cn(C)c(=O)c3[nH]ccc23)c1. The Hall–Kier alpha value is -4.33. The molecule has 280 valence electrons. The number of rotatable bonds is 11. The van der Waals surface area contributed by atoms with E-state index >= 15 is 0 Å². The minimum atomic E-state index is -3.50. The molecule has 12 nitrogen and oxygen atoms in total. The van der Waals surface area contributed by atoms with E-state index in [0.717, 1.165) is 82.6 Å². The van der Waals surface area contributed by atoms with Crippen molar-refractivity contribution in [3.8, 4) is 22.6 Å². The van der Waals surface area contributed by atoms with Gasteiger partial charge < -0.3 is 33.7 Å². The number of ether oxygens (including phenoxy) is 2. The van der Waals surface area contributed by atoms with Crippen molar-refractivity contribution in [3.63, 3.8) is 0 Å². The Morgan fingerprint density at radius 3 is 2.31 bits per heavy atom. The van der Waals surface area contributed by atoms with E-state index in [0.29, 0.717) is 34.2 Å². The van der Waals surface area contributed by atoms with Crippen LogP contribution in [-0.2, 0) is 28.2 Å². The summed E-state index contributed by atoms with van der Waals surface area (Å²) in [6.45, 7) is 15.1. The summed E-state index contributed by atoms with van der Waals surface area (Å²) >= 11 is 0. The zero-order valence-electron chi connectivity index (χ0n) is 31.0. The number of aryl methyl sites for hydroxylation is 1. The summed E-state index contributed by atoms with van der Waals surface area (Å²) in [5.74, 6) is 1.77. The number of carbonyl (C=O) groups is 1. The summed E-state index contributed by atoms with van der Waals surface area (Å²) in [7, 11) is -1.81. The number of pyridine rings is 1. The standard InChI is InChI=1S/C39H52N6O6S/c1-6-52(48,49)41-30-9-12-35(33(25-30)34-27-42(5)37(46)36-32(34)13-17-40-36)50-31-10-7-28(8-11-31)14-18-43-21-23-44(24-22-43)26-29-15-19-45(20-16-29)38(47)51-39(2,3)4/h7-13,17,25,27,29,40-41H,6,14-16,18-24,26H2,1-5H3. The number of sulfonamides is 1. The summed E-state index contributed by atoms with van der Waals surface area (Å²) in [6.07, 6.45) is 6.26. The van der Waals surface area contributed by atoms with Gasteiger partial charge in [0.1, 0.15) is 22.6 Å². The van der Waals surface area contributed by atoms with Crippen molar-refractivity contribution < 1.29 is 22.7 Å². The van der Waals surface area contributed by atoms with Gasteiger partial charge in [-0.15, -0.1) is 0 Å². The fourth-order valence-electron chi connectivity index (χ4n) is 6.95. The second kappa shape index (κ2) is 15.7. The van der Waals surface area contributed by atoms with Crippen molar-refractivity contribution in [3.05, 3.63) is 76.8 Å². The third-order valence-corrected chi connectivity index (χ3v) is 11.2. The number of H-pyrrole nitrogens is 1. The summed E-state index contributed by atoms with van der Waals surface area (Å²) in [4.78, 5) is 35.2. The summed E-state index contributed by atoms with van der Waals surface area (Å²) in [5.41, 5.74) is 2.89. The molecule has 0 atom stereocenters. The first-order valence-corrected chi connectivity index (χ1v) is 19.9. The molecule has 2 aliphatic rings. The molecule has 2 saturated heterocycles. The van der Waals surface area contributed by atoms with E-state index in [1.807, 2.05) is 43.9 Å². The summed E-state index contributed by atoms with van der Waals surface area (Å²) in [5, 5.41) is 0.722. The van der Waals surface area contributed by atoms with Gasteiger partial charge in [0.25, 0.3) is 5.56 Å². The molecule has 2 aromatic carbocycles. The van der Waals surface area contributed by atoms with Gasteiger partial charge in [-0.25, -0.2) is 13.2 Å². The number of anilines is 1. The molecule has 4 heterocycles. The second-order valence-electron chi connectivity index (χ2n) is 15.0. The molecule has 0 spiro atoms. The zero-order valence-corrected chi connectivity index (χ0v) is 31.8. The largest absolute Gasteiger partial charge is 0.457 e. The van der Waals surface area contributed by atoms with Gasteiger partial charge in [0.05, 0.1) is 5.75 Å². The van der Waals surface area contributed by atoms with Gasteiger partial charge in [0.15, 0.2) is 0 Å². The number of piperazine rings is 1. The first kappa shape index (κ1) is 37.4. The zero-order chi connectivity index (χ0) is 37.0. The van der Waals surface area contributed by atoms with Crippen LogP contribution in [0.4, 0.5) is 10.5 Å². The van der Waals surface area contributed by atoms with Gasteiger partial charge in [0.2, 0.25) is 10.0 Å². The lowest BCUT2D eigenvalue weighted by atomic mass is 9.96. The highest BCUT2D eigenvalue weighted by molar-refractivity contribution is 7.92. The van der Waals surface area contributed by atoms with Crippen LogP contribution in [0.1, 0.15) is 46.1 Å². The van der Waals surface area contributed by atoms with Crippen LogP contribution in [-0.4, -0.2) is 102 Å². The number of amides is 1. The molecule has 4 aromatic rings. The van der Waals surface area contributed by atoms with E-state index in [1.165, 1.54) is 10.1 Å². The number of aromatic nitrogens is 2. The number of carbonyl (C=O) groups excluding carboxylic acids is 1. The van der Waals surface area contributed by atoms with Crippen LogP contribution >= 0.6 is 0 Å². The molecule has 13 heteroatoms. The van der Waals surface area contributed by atoms with E-state index in [2.05, 4.69) is 31.6 Å². The first-order chi connectivity index (χ1) is 24.8. The fraction of sp³-hybridized carbons (Fsp3) is 0.487. The third-order valence-electron chi connectivity index (χ3n) is 9.93. The molecule has 1 amide bonds. The molecule has 0 bridgehead atoms. The summed E-state index contributed by atoms with van der Waals surface area (Å²) in [6, 6.07) is 15.1. The number of piperidine rings is 1. The van der Waals surface area contributed by atoms with E-state index in [-0.39, 0.29) is 17.4 Å². The van der Waals surface area contributed by atoms with Crippen LogP contribution in [0.3, 0.4) is 0 Å². The van der Waals surface area contributed by atoms with Crippen molar-refractivity contribution in [1.29, 1.82) is 0 Å². The van der Waals surface area contributed by atoms with Crippen molar-refractivity contribution in [2.45, 2.75) is 52.6 Å². The normalized spacial score (nSPS) is 16.7. The molecule has 0 radical (unpaired) electrons. The van der Waals surface area contributed by atoms with Crippen molar-refractivity contribution in [2.24, 2.45) is 13.0 Å². The molecule has 52 heavy (non-hydrogen) atoms. The molecule has 0 aliphatic carbocycles. The maximum Gasteiger partial charge on any atom is 0.410 e. The van der Waals surface area contributed by atoms with Gasteiger partial charge in [-0.05, 0) is 94.8 Å². The van der Waals surface area contributed by atoms with E-state index in [4.69, 9.17) is 9.47 Å². The van der Waals surface area contributed by atoms with Crippen LogP contribution in [0.2, 0.25) is 0 Å². The van der Waals surface area contributed by atoms with Gasteiger partial charge in [-0.3, -0.25) is 9.52 Å². The molecular weight excluding hydrogens is 681 g/mol. The highest BCUT2D eigenvalue weighted by Gasteiger charge is 2.28. The number of hydrogen-bond donors (Lipinski definition) is 2. The average Bonchev–Trinajstić information content (AvgIpc) is 3.61. The highest BCUT2D eigenvalue weighted by atomic mass is 32.2. The van der Waals surface area contributed by atoms with Crippen LogP contribution in [0, 0.1) is 5.92 Å². The monoisotopic (exact) mass is 732 g/mol. The Morgan fingerprint density at radius 1 is 0.942 bits per heavy atom. The maximum absolute atomic E-state index is 12.8. The highest BCUT2D eigenvalue weighted by Crippen LogP contribution is 2.38. The lowest BCUT2D eigenvalue weighted by molar-refractivity contribution is 0.0160. The Kier molecular flexibility index (Phi) is 11.3. The number of fused-ring (bicyclic) bond motifs is 1. The average molecular weight is 733 g/mol. The lowest BCUT2D eigenvalue weighted by Gasteiger charge is -2.39. The first-order valence-electron chi connectivity index (χ1n) is 18.3. The van der Waals surface area contributed by atoms with Crippen molar-refractivity contribution in [2.75, 3.05) is 62.8 Å². The van der Waals surface area contributed by atoms with Crippen LogP contribution in [0.25, 0.3) is 22.0 Å². The quantitative estimate of drug-likeness (QED) is 0.195. The maximum atomic E-state index is 12.8. The predicted molar refractivity (Wildman–Crippen MR) is 206 cm³/mol.